The normalized spacial score (nSPS) is 14.3. The lowest BCUT2D eigenvalue weighted by Crippen LogP contribution is -2.21. The largest absolute Gasteiger partial charge is 0.493 e. The number of benzene rings is 2. The van der Waals surface area contributed by atoms with Crippen molar-refractivity contribution in [2.45, 2.75) is 5.92 Å². The number of fused-ring (bicyclic) bond motifs is 1. The summed E-state index contributed by atoms with van der Waals surface area (Å²) in [7, 11) is 9.14. The van der Waals surface area contributed by atoms with Crippen molar-refractivity contribution >= 4 is 0 Å². The molecule has 36 heavy (non-hydrogen) atoms. The van der Waals surface area contributed by atoms with Crippen LogP contribution in [0.3, 0.4) is 0 Å². The molecule has 0 bridgehead atoms. The van der Waals surface area contributed by atoms with Gasteiger partial charge in [-0.3, -0.25) is 5.10 Å². The van der Waals surface area contributed by atoms with Crippen LogP contribution in [0.1, 0.15) is 17.0 Å². The van der Waals surface area contributed by atoms with Crippen LogP contribution in [-0.4, -0.2) is 52.9 Å². The van der Waals surface area contributed by atoms with E-state index in [0.717, 1.165) is 0 Å². The highest BCUT2D eigenvalue weighted by molar-refractivity contribution is 5.75. The SMILES string of the molecule is COc1cc(-c2[nH]nc3c2[C@@H](c2cc(OC)c(OC)c(OC)c2)C(C#N)=C(N)O3)cc(OC)c1OC. The topological polar surface area (TPSA) is 143 Å². The molecule has 0 fully saturated rings. The molecule has 0 saturated carbocycles. The molecule has 11 nitrogen and oxygen atoms in total. The highest BCUT2D eigenvalue weighted by Gasteiger charge is 2.37. The first-order valence-corrected chi connectivity index (χ1v) is 10.7. The Labute approximate surface area is 207 Å². The number of ether oxygens (including phenoxy) is 7. The minimum absolute atomic E-state index is 0.0494. The Kier molecular flexibility index (Phi) is 6.69. The number of nitrogens with one attached hydrogen (secondary N) is 1. The number of H-pyrrole nitrogens is 1. The van der Waals surface area contributed by atoms with Crippen molar-refractivity contribution in [3.05, 3.63) is 46.8 Å². The van der Waals surface area contributed by atoms with Crippen LogP contribution in [0.15, 0.2) is 35.7 Å². The average Bonchev–Trinajstić information content (AvgIpc) is 3.33. The number of hydrogen-bond donors (Lipinski definition) is 2. The van der Waals surface area contributed by atoms with Crippen molar-refractivity contribution in [1.29, 1.82) is 5.26 Å². The quantitative estimate of drug-likeness (QED) is 0.478. The van der Waals surface area contributed by atoms with E-state index in [1.54, 1.807) is 24.3 Å². The Bertz CT molecular complexity index is 1320. The maximum atomic E-state index is 10.1. The third-order valence-electron chi connectivity index (χ3n) is 5.91. The van der Waals surface area contributed by atoms with Gasteiger partial charge in [-0.15, -0.1) is 5.10 Å². The average molecular weight is 495 g/mol. The van der Waals surface area contributed by atoms with Gasteiger partial charge in [-0.25, -0.2) is 0 Å². The van der Waals surface area contributed by atoms with Crippen molar-refractivity contribution in [1.82, 2.24) is 10.2 Å². The molecule has 0 amide bonds. The van der Waals surface area contributed by atoms with E-state index < -0.39 is 5.92 Å². The molecular formula is C25H26N4O7. The number of allylic oxidation sites excluding steroid dienone is 1. The summed E-state index contributed by atoms with van der Waals surface area (Å²) in [5.74, 6) is 2.13. The number of aromatic nitrogens is 2. The first kappa shape index (κ1) is 24.4. The molecule has 0 aliphatic carbocycles. The van der Waals surface area contributed by atoms with E-state index in [1.807, 2.05) is 0 Å². The van der Waals surface area contributed by atoms with Crippen LogP contribution < -0.4 is 38.9 Å². The van der Waals surface area contributed by atoms with Gasteiger partial charge in [-0.2, -0.15) is 5.26 Å². The molecule has 0 spiro atoms. The van der Waals surface area contributed by atoms with E-state index in [-0.39, 0.29) is 17.3 Å². The van der Waals surface area contributed by atoms with Crippen LogP contribution in [0.2, 0.25) is 0 Å². The summed E-state index contributed by atoms with van der Waals surface area (Å²) in [6.07, 6.45) is 0. The standard InChI is InChI=1S/C25H26N4O7/c1-30-15-7-12(8-16(31-2)22(15)34-5)19-14(11-26)24(27)36-25-20(19)21(28-29-25)13-9-17(32-3)23(35-6)18(10-13)33-4/h7-10,19H,27H2,1-6H3,(H,28,29)/t19-/m0/s1. The smallest absolute Gasteiger partial charge is 0.244 e. The van der Waals surface area contributed by atoms with E-state index in [0.29, 0.717) is 56.9 Å². The molecule has 0 saturated heterocycles. The van der Waals surface area contributed by atoms with Gasteiger partial charge < -0.3 is 38.9 Å². The summed E-state index contributed by atoms with van der Waals surface area (Å²) < 4.78 is 38.7. The molecule has 3 N–H and O–H groups in total. The Morgan fingerprint density at radius 1 is 0.833 bits per heavy atom. The third-order valence-corrected chi connectivity index (χ3v) is 5.91. The molecule has 11 heteroatoms. The summed E-state index contributed by atoms with van der Waals surface area (Å²) in [5.41, 5.74) is 8.82. The summed E-state index contributed by atoms with van der Waals surface area (Å²) in [6.45, 7) is 0. The predicted octanol–water partition coefficient (Wildman–Crippen LogP) is 3.35. The molecule has 1 atom stereocenters. The van der Waals surface area contributed by atoms with Gasteiger partial charge in [-0.1, -0.05) is 0 Å². The van der Waals surface area contributed by atoms with Gasteiger partial charge in [0.2, 0.25) is 23.3 Å². The van der Waals surface area contributed by atoms with Crippen LogP contribution in [0, 0.1) is 11.3 Å². The minimum Gasteiger partial charge on any atom is -0.493 e. The van der Waals surface area contributed by atoms with E-state index in [1.165, 1.54) is 42.7 Å². The van der Waals surface area contributed by atoms with Gasteiger partial charge in [-0.05, 0) is 29.8 Å². The first-order chi connectivity index (χ1) is 17.5. The Morgan fingerprint density at radius 3 is 1.78 bits per heavy atom. The molecule has 3 aromatic rings. The van der Waals surface area contributed by atoms with E-state index in [4.69, 9.17) is 38.9 Å². The van der Waals surface area contributed by atoms with Crippen LogP contribution >= 0.6 is 0 Å². The molecule has 4 rings (SSSR count). The fraction of sp³-hybridized carbons (Fsp3) is 0.280. The van der Waals surface area contributed by atoms with Crippen molar-refractivity contribution in [2.75, 3.05) is 42.7 Å². The number of hydrogen-bond acceptors (Lipinski definition) is 10. The van der Waals surface area contributed by atoms with E-state index in [9.17, 15) is 5.26 Å². The second kappa shape index (κ2) is 9.87. The summed E-state index contributed by atoms with van der Waals surface area (Å²) in [6, 6.07) is 9.25. The van der Waals surface area contributed by atoms with Crippen molar-refractivity contribution in [3.8, 4) is 57.7 Å². The van der Waals surface area contributed by atoms with Gasteiger partial charge >= 0.3 is 0 Å². The molecule has 1 aromatic heterocycles. The lowest BCUT2D eigenvalue weighted by molar-refractivity contribution is 0.323. The number of rotatable bonds is 8. The second-order valence-electron chi connectivity index (χ2n) is 7.61. The van der Waals surface area contributed by atoms with Crippen LogP contribution in [0.25, 0.3) is 11.3 Å². The first-order valence-electron chi connectivity index (χ1n) is 10.7. The molecule has 1 aliphatic heterocycles. The predicted molar refractivity (Wildman–Crippen MR) is 129 cm³/mol. The third kappa shape index (κ3) is 3.82. The molecule has 2 heterocycles. The molecule has 0 unspecified atom stereocenters. The summed E-state index contributed by atoms with van der Waals surface area (Å²) in [4.78, 5) is 0. The highest BCUT2D eigenvalue weighted by atomic mass is 16.5. The van der Waals surface area contributed by atoms with E-state index in [2.05, 4.69) is 16.3 Å². The Balaban J connectivity index is 2.00. The summed E-state index contributed by atoms with van der Waals surface area (Å²) in [5, 5.41) is 17.4. The Morgan fingerprint density at radius 2 is 1.33 bits per heavy atom. The molecule has 2 aromatic carbocycles. The monoisotopic (exact) mass is 494 g/mol. The molecule has 0 radical (unpaired) electrons. The number of nitrogens with two attached hydrogens (primary N) is 1. The molecule has 188 valence electrons. The van der Waals surface area contributed by atoms with Crippen LogP contribution in [0.5, 0.6) is 40.4 Å². The molecular weight excluding hydrogens is 468 g/mol. The Hall–Kier alpha value is -4.72. The number of nitrogens with zero attached hydrogens (tertiary/aromatic N) is 2. The van der Waals surface area contributed by atoms with Crippen molar-refractivity contribution < 1.29 is 33.2 Å². The fourth-order valence-corrected chi connectivity index (χ4v) is 4.29. The lowest BCUT2D eigenvalue weighted by atomic mass is 9.82. The van der Waals surface area contributed by atoms with Gasteiger partial charge in [0.15, 0.2) is 23.0 Å². The summed E-state index contributed by atoms with van der Waals surface area (Å²) >= 11 is 0. The molecule has 1 aliphatic rings. The number of methoxy groups -OCH3 is 6. The maximum Gasteiger partial charge on any atom is 0.244 e. The van der Waals surface area contributed by atoms with Gasteiger partial charge in [0.05, 0.1) is 59.8 Å². The van der Waals surface area contributed by atoms with Gasteiger partial charge in [0.25, 0.3) is 0 Å². The van der Waals surface area contributed by atoms with Crippen LogP contribution in [-0.2, 0) is 0 Å². The second-order valence-corrected chi connectivity index (χ2v) is 7.61. The fourth-order valence-electron chi connectivity index (χ4n) is 4.29. The zero-order chi connectivity index (χ0) is 26.0. The van der Waals surface area contributed by atoms with Crippen LogP contribution in [0.4, 0.5) is 0 Å². The minimum atomic E-state index is -0.666. The van der Waals surface area contributed by atoms with Crippen molar-refractivity contribution in [2.24, 2.45) is 5.73 Å². The van der Waals surface area contributed by atoms with Crippen molar-refractivity contribution in [3.63, 3.8) is 0 Å². The zero-order valence-corrected chi connectivity index (χ0v) is 20.7. The lowest BCUT2D eigenvalue weighted by Gasteiger charge is -2.25. The zero-order valence-electron chi connectivity index (χ0n) is 20.7. The van der Waals surface area contributed by atoms with Gasteiger partial charge in [0, 0.05) is 5.56 Å². The maximum absolute atomic E-state index is 10.1. The van der Waals surface area contributed by atoms with Gasteiger partial charge in [0.1, 0.15) is 11.6 Å². The number of aromatic amines is 1. The number of nitriles is 1. The van der Waals surface area contributed by atoms with E-state index >= 15 is 0 Å². The highest BCUT2D eigenvalue weighted by Crippen LogP contribution is 2.50.